The van der Waals surface area contributed by atoms with Crippen LogP contribution in [0, 0.1) is 0 Å². The molecule has 6 heteroatoms. The van der Waals surface area contributed by atoms with E-state index in [1.165, 1.54) is 0 Å². The molecule has 1 heterocycles. The molecule has 0 aromatic heterocycles. The van der Waals surface area contributed by atoms with E-state index >= 15 is 0 Å². The van der Waals surface area contributed by atoms with Crippen LogP contribution in [0.2, 0.25) is 0 Å². The summed E-state index contributed by atoms with van der Waals surface area (Å²) in [5, 5.41) is 2.66. The van der Waals surface area contributed by atoms with Crippen LogP contribution in [0.1, 0.15) is 40.0 Å². The van der Waals surface area contributed by atoms with Crippen molar-refractivity contribution in [2.75, 3.05) is 6.54 Å². The maximum absolute atomic E-state index is 12.6. The Labute approximate surface area is 106 Å². The summed E-state index contributed by atoms with van der Waals surface area (Å²) >= 11 is 0. The molecule has 0 saturated carbocycles. The number of amides is 2. The standard InChI is InChI=1S/C12H20F2N2O2/c1-4-6-8-10(17)15-12(3,5-2)11(18)16(8)7-9(13)14/h8-9H,4-7H2,1-3H3,(H,15,17). The van der Waals surface area contributed by atoms with Gasteiger partial charge in [0.05, 0.1) is 6.54 Å². The molecule has 0 radical (unpaired) electrons. The number of nitrogens with zero attached hydrogens (tertiary/aromatic N) is 1. The van der Waals surface area contributed by atoms with Crippen molar-refractivity contribution >= 4 is 11.8 Å². The topological polar surface area (TPSA) is 49.4 Å². The molecule has 1 rings (SSSR count). The van der Waals surface area contributed by atoms with Gasteiger partial charge in [-0.3, -0.25) is 9.59 Å². The number of hydrogen-bond acceptors (Lipinski definition) is 2. The first-order valence-corrected chi connectivity index (χ1v) is 6.27. The molecule has 2 amide bonds. The maximum Gasteiger partial charge on any atom is 0.255 e. The van der Waals surface area contributed by atoms with E-state index in [4.69, 9.17) is 0 Å². The number of hydrogen-bond donors (Lipinski definition) is 1. The summed E-state index contributed by atoms with van der Waals surface area (Å²) in [5.74, 6) is -0.746. The van der Waals surface area contributed by atoms with Crippen molar-refractivity contribution in [1.82, 2.24) is 10.2 Å². The predicted molar refractivity (Wildman–Crippen MR) is 63.3 cm³/mol. The molecule has 2 atom stereocenters. The second-order valence-corrected chi connectivity index (χ2v) is 4.83. The summed E-state index contributed by atoms with van der Waals surface area (Å²) in [6, 6.07) is -0.767. The summed E-state index contributed by atoms with van der Waals surface area (Å²) in [7, 11) is 0. The lowest BCUT2D eigenvalue weighted by molar-refractivity contribution is -0.156. The van der Waals surface area contributed by atoms with Crippen molar-refractivity contribution < 1.29 is 18.4 Å². The first kappa shape index (κ1) is 14.9. The van der Waals surface area contributed by atoms with E-state index in [0.717, 1.165) is 4.90 Å². The Hall–Kier alpha value is -1.20. The zero-order chi connectivity index (χ0) is 13.9. The van der Waals surface area contributed by atoms with Crippen molar-refractivity contribution in [3.63, 3.8) is 0 Å². The number of piperazine rings is 1. The Kier molecular flexibility index (Phi) is 4.65. The van der Waals surface area contributed by atoms with Gasteiger partial charge in [0.2, 0.25) is 11.8 Å². The Bertz CT molecular complexity index is 336. The van der Waals surface area contributed by atoms with Gasteiger partial charge in [-0.15, -0.1) is 0 Å². The van der Waals surface area contributed by atoms with Gasteiger partial charge in [-0.1, -0.05) is 20.3 Å². The average molecular weight is 262 g/mol. The fraction of sp³-hybridized carbons (Fsp3) is 0.833. The van der Waals surface area contributed by atoms with Gasteiger partial charge in [0, 0.05) is 0 Å². The minimum atomic E-state index is -2.62. The van der Waals surface area contributed by atoms with E-state index in [1.54, 1.807) is 13.8 Å². The SMILES string of the molecule is CCCC1C(=O)NC(C)(CC)C(=O)N1CC(F)F. The van der Waals surface area contributed by atoms with Crippen LogP contribution in [-0.2, 0) is 9.59 Å². The predicted octanol–water partition coefficient (Wildman–Crippen LogP) is 1.55. The molecular formula is C12H20F2N2O2. The summed E-state index contributed by atoms with van der Waals surface area (Å²) in [6.45, 7) is 4.51. The minimum Gasteiger partial charge on any atom is -0.340 e. The van der Waals surface area contributed by atoms with E-state index in [0.29, 0.717) is 19.3 Å². The lowest BCUT2D eigenvalue weighted by Crippen LogP contribution is -2.69. The molecule has 2 unspecified atom stereocenters. The van der Waals surface area contributed by atoms with Crippen molar-refractivity contribution in [3.05, 3.63) is 0 Å². The molecule has 0 aliphatic carbocycles. The van der Waals surface area contributed by atoms with E-state index in [-0.39, 0.29) is 5.91 Å². The molecule has 4 nitrogen and oxygen atoms in total. The smallest absolute Gasteiger partial charge is 0.255 e. The average Bonchev–Trinajstić information content (AvgIpc) is 2.30. The van der Waals surface area contributed by atoms with Gasteiger partial charge in [-0.25, -0.2) is 8.78 Å². The van der Waals surface area contributed by atoms with Crippen LogP contribution in [0.3, 0.4) is 0 Å². The largest absolute Gasteiger partial charge is 0.340 e. The number of alkyl halides is 2. The summed E-state index contributed by atoms with van der Waals surface area (Å²) < 4.78 is 25.1. The Morgan fingerprint density at radius 3 is 2.44 bits per heavy atom. The van der Waals surface area contributed by atoms with Crippen LogP contribution in [-0.4, -0.2) is 41.3 Å². The van der Waals surface area contributed by atoms with Gasteiger partial charge < -0.3 is 10.2 Å². The third-order valence-electron chi connectivity index (χ3n) is 3.41. The van der Waals surface area contributed by atoms with Gasteiger partial charge in [0.25, 0.3) is 6.43 Å². The van der Waals surface area contributed by atoms with E-state index in [9.17, 15) is 18.4 Å². The summed E-state index contributed by atoms with van der Waals surface area (Å²) in [5.41, 5.74) is -1.06. The second-order valence-electron chi connectivity index (χ2n) is 4.83. The van der Waals surface area contributed by atoms with Crippen LogP contribution in [0.4, 0.5) is 8.78 Å². The second kappa shape index (κ2) is 5.63. The van der Waals surface area contributed by atoms with Crippen molar-refractivity contribution in [2.45, 2.75) is 58.0 Å². The zero-order valence-electron chi connectivity index (χ0n) is 11.0. The number of carbonyl (C=O) groups excluding carboxylic acids is 2. The molecule has 0 spiro atoms. The lowest BCUT2D eigenvalue weighted by atomic mass is 9.90. The highest BCUT2D eigenvalue weighted by Crippen LogP contribution is 2.24. The maximum atomic E-state index is 12.6. The highest BCUT2D eigenvalue weighted by molar-refractivity contribution is 5.99. The van der Waals surface area contributed by atoms with Crippen molar-refractivity contribution in [1.29, 1.82) is 0 Å². The quantitative estimate of drug-likeness (QED) is 0.817. The number of halogens is 2. The molecule has 1 saturated heterocycles. The highest BCUT2D eigenvalue weighted by Gasteiger charge is 2.47. The number of nitrogens with one attached hydrogen (secondary N) is 1. The molecular weight excluding hydrogens is 242 g/mol. The molecule has 1 aliphatic rings. The van der Waals surface area contributed by atoms with Gasteiger partial charge >= 0.3 is 0 Å². The van der Waals surface area contributed by atoms with E-state index in [1.807, 2.05) is 6.92 Å². The van der Waals surface area contributed by atoms with Crippen molar-refractivity contribution in [3.8, 4) is 0 Å². The fourth-order valence-corrected chi connectivity index (χ4v) is 2.17. The highest BCUT2D eigenvalue weighted by atomic mass is 19.3. The van der Waals surface area contributed by atoms with Gasteiger partial charge in [-0.05, 0) is 19.8 Å². The molecule has 18 heavy (non-hydrogen) atoms. The third-order valence-corrected chi connectivity index (χ3v) is 3.41. The van der Waals surface area contributed by atoms with Crippen molar-refractivity contribution in [2.24, 2.45) is 0 Å². The Balaban J connectivity index is 3.00. The number of carbonyl (C=O) groups is 2. The van der Waals surface area contributed by atoms with Crippen LogP contribution >= 0.6 is 0 Å². The molecule has 0 bridgehead atoms. The van der Waals surface area contributed by atoms with Crippen LogP contribution < -0.4 is 5.32 Å². The monoisotopic (exact) mass is 262 g/mol. The van der Waals surface area contributed by atoms with E-state index in [2.05, 4.69) is 5.32 Å². The number of rotatable bonds is 5. The van der Waals surface area contributed by atoms with Crippen LogP contribution in [0.25, 0.3) is 0 Å². The van der Waals surface area contributed by atoms with Gasteiger partial charge in [-0.2, -0.15) is 0 Å². The summed E-state index contributed by atoms with van der Waals surface area (Å²) in [6.07, 6.45) is -1.17. The third kappa shape index (κ3) is 2.79. The zero-order valence-corrected chi connectivity index (χ0v) is 11.0. The van der Waals surface area contributed by atoms with Crippen LogP contribution in [0.15, 0.2) is 0 Å². The lowest BCUT2D eigenvalue weighted by Gasteiger charge is -2.44. The first-order chi connectivity index (χ1) is 8.35. The Morgan fingerprint density at radius 1 is 1.39 bits per heavy atom. The van der Waals surface area contributed by atoms with Crippen LogP contribution in [0.5, 0.6) is 0 Å². The minimum absolute atomic E-state index is 0.332. The fourth-order valence-electron chi connectivity index (χ4n) is 2.17. The van der Waals surface area contributed by atoms with Gasteiger partial charge in [0.1, 0.15) is 11.6 Å². The molecule has 0 aromatic rings. The summed E-state index contributed by atoms with van der Waals surface area (Å²) in [4.78, 5) is 25.2. The first-order valence-electron chi connectivity index (χ1n) is 6.27. The molecule has 1 aliphatic heterocycles. The Morgan fingerprint density at radius 2 is 2.00 bits per heavy atom. The molecule has 104 valence electrons. The molecule has 1 fully saturated rings. The van der Waals surface area contributed by atoms with E-state index < -0.39 is 30.5 Å². The molecule has 1 N–H and O–H groups in total. The molecule has 0 aromatic carbocycles. The van der Waals surface area contributed by atoms with Gasteiger partial charge in [0.15, 0.2) is 0 Å². The normalized spacial score (nSPS) is 28.8.